The van der Waals surface area contributed by atoms with Crippen molar-refractivity contribution in [2.75, 3.05) is 13.2 Å². The highest BCUT2D eigenvalue weighted by Gasteiger charge is 2.31. The molecule has 122 valence electrons. The van der Waals surface area contributed by atoms with Crippen molar-refractivity contribution in [3.05, 3.63) is 65.9 Å². The van der Waals surface area contributed by atoms with Crippen LogP contribution in [0.25, 0.3) is 10.9 Å². The zero-order valence-electron chi connectivity index (χ0n) is 13.5. The average Bonchev–Trinajstić information content (AvgIpc) is 3.10. The number of rotatable bonds is 2. The number of aromatic amines is 1. The van der Waals surface area contributed by atoms with Crippen LogP contribution in [-0.2, 0) is 4.74 Å². The van der Waals surface area contributed by atoms with Gasteiger partial charge in [0.1, 0.15) is 6.10 Å². The van der Waals surface area contributed by atoms with E-state index in [2.05, 4.69) is 10.2 Å². The first-order valence-corrected chi connectivity index (χ1v) is 8.13. The Bertz CT molecular complexity index is 859. The van der Waals surface area contributed by atoms with Crippen LogP contribution in [0, 0.1) is 0 Å². The highest BCUT2D eigenvalue weighted by atomic mass is 16.5. The molecular weight excluding hydrogens is 302 g/mol. The quantitative estimate of drug-likeness (QED) is 0.789. The van der Waals surface area contributed by atoms with Gasteiger partial charge in [-0.1, -0.05) is 30.3 Å². The van der Waals surface area contributed by atoms with E-state index < -0.39 is 0 Å². The summed E-state index contributed by atoms with van der Waals surface area (Å²) in [5.74, 6) is 0.0369. The van der Waals surface area contributed by atoms with Gasteiger partial charge in [0.25, 0.3) is 5.91 Å². The molecule has 1 aliphatic heterocycles. The standard InChI is InChI=1S/C19H19N3O2/c1-13-12-24-18(14-5-3-2-4-6-14)11-22(13)19(23)15-7-8-17-16(9-15)10-20-21-17/h2-10,13,18H,11-12H2,1H3,(H,20,21)/t13-,18-/m0/s1. The van der Waals surface area contributed by atoms with Crippen LogP contribution in [0.15, 0.2) is 54.7 Å². The van der Waals surface area contributed by atoms with Crippen molar-refractivity contribution >= 4 is 16.8 Å². The number of aromatic nitrogens is 2. The topological polar surface area (TPSA) is 58.2 Å². The molecule has 1 aliphatic rings. The molecule has 0 saturated carbocycles. The molecule has 5 nitrogen and oxygen atoms in total. The van der Waals surface area contributed by atoms with Crippen molar-refractivity contribution in [2.24, 2.45) is 0 Å². The first-order valence-electron chi connectivity index (χ1n) is 8.13. The normalized spacial score (nSPS) is 21.1. The van der Waals surface area contributed by atoms with Gasteiger partial charge in [0, 0.05) is 10.9 Å². The fraction of sp³-hybridized carbons (Fsp3) is 0.263. The predicted molar refractivity (Wildman–Crippen MR) is 91.7 cm³/mol. The number of fused-ring (bicyclic) bond motifs is 1. The van der Waals surface area contributed by atoms with E-state index in [1.54, 1.807) is 6.20 Å². The summed E-state index contributed by atoms with van der Waals surface area (Å²) in [6, 6.07) is 15.8. The fourth-order valence-corrected chi connectivity index (χ4v) is 3.15. The Balaban J connectivity index is 1.59. The number of hydrogen-bond donors (Lipinski definition) is 1. The zero-order valence-corrected chi connectivity index (χ0v) is 13.5. The van der Waals surface area contributed by atoms with Crippen molar-refractivity contribution in [1.29, 1.82) is 0 Å². The minimum atomic E-state index is -0.0796. The molecule has 1 N–H and O–H groups in total. The van der Waals surface area contributed by atoms with Crippen molar-refractivity contribution < 1.29 is 9.53 Å². The van der Waals surface area contributed by atoms with E-state index in [9.17, 15) is 4.79 Å². The Morgan fingerprint density at radius 2 is 2.08 bits per heavy atom. The summed E-state index contributed by atoms with van der Waals surface area (Å²) in [6.45, 7) is 3.13. The summed E-state index contributed by atoms with van der Waals surface area (Å²) in [4.78, 5) is 14.9. The van der Waals surface area contributed by atoms with Crippen LogP contribution in [0.5, 0.6) is 0 Å². The van der Waals surface area contributed by atoms with Crippen LogP contribution in [0.1, 0.15) is 28.9 Å². The minimum absolute atomic E-state index is 0.0369. The van der Waals surface area contributed by atoms with Crippen molar-refractivity contribution in [2.45, 2.75) is 19.1 Å². The van der Waals surface area contributed by atoms with Crippen LogP contribution in [0.3, 0.4) is 0 Å². The number of hydrogen-bond acceptors (Lipinski definition) is 3. The van der Waals surface area contributed by atoms with Gasteiger partial charge in [0.2, 0.25) is 0 Å². The molecule has 1 saturated heterocycles. The third-order valence-electron chi connectivity index (χ3n) is 4.55. The van der Waals surface area contributed by atoms with Crippen LogP contribution in [0.4, 0.5) is 0 Å². The van der Waals surface area contributed by atoms with Crippen LogP contribution < -0.4 is 0 Å². The molecule has 3 aromatic rings. The van der Waals surface area contributed by atoms with E-state index in [0.717, 1.165) is 16.5 Å². The number of carbonyl (C=O) groups excluding carboxylic acids is 1. The van der Waals surface area contributed by atoms with E-state index in [1.165, 1.54) is 0 Å². The van der Waals surface area contributed by atoms with Gasteiger partial charge < -0.3 is 9.64 Å². The Kier molecular flexibility index (Phi) is 3.78. The molecule has 0 unspecified atom stereocenters. The maximum absolute atomic E-state index is 13.0. The summed E-state index contributed by atoms with van der Waals surface area (Å²) in [5.41, 5.74) is 2.72. The van der Waals surface area contributed by atoms with Gasteiger partial charge in [-0.05, 0) is 30.7 Å². The lowest BCUT2D eigenvalue weighted by Crippen LogP contribution is -2.48. The van der Waals surface area contributed by atoms with Crippen molar-refractivity contribution in [3.8, 4) is 0 Å². The van der Waals surface area contributed by atoms with Gasteiger partial charge in [0.15, 0.2) is 0 Å². The minimum Gasteiger partial charge on any atom is -0.370 e. The lowest BCUT2D eigenvalue weighted by molar-refractivity contribution is -0.0486. The van der Waals surface area contributed by atoms with Gasteiger partial charge in [-0.2, -0.15) is 5.10 Å². The highest BCUT2D eigenvalue weighted by Crippen LogP contribution is 2.26. The molecule has 5 heteroatoms. The second-order valence-corrected chi connectivity index (χ2v) is 6.21. The summed E-state index contributed by atoms with van der Waals surface area (Å²) in [5, 5.41) is 7.86. The number of morpholine rings is 1. The van der Waals surface area contributed by atoms with Gasteiger partial charge in [-0.15, -0.1) is 0 Å². The van der Waals surface area contributed by atoms with Crippen molar-refractivity contribution in [3.63, 3.8) is 0 Å². The van der Waals surface area contributed by atoms with Crippen LogP contribution in [-0.4, -0.2) is 40.2 Å². The van der Waals surface area contributed by atoms with Crippen molar-refractivity contribution in [1.82, 2.24) is 15.1 Å². The lowest BCUT2D eigenvalue weighted by Gasteiger charge is -2.38. The molecule has 1 aromatic heterocycles. The summed E-state index contributed by atoms with van der Waals surface area (Å²) < 4.78 is 5.94. The molecular formula is C19H19N3O2. The number of nitrogens with zero attached hydrogens (tertiary/aromatic N) is 2. The first-order chi connectivity index (χ1) is 11.7. The molecule has 0 spiro atoms. The van der Waals surface area contributed by atoms with Gasteiger partial charge in [-0.25, -0.2) is 0 Å². The summed E-state index contributed by atoms with van der Waals surface area (Å²) in [7, 11) is 0. The Hall–Kier alpha value is -2.66. The van der Waals surface area contributed by atoms with E-state index >= 15 is 0 Å². The van der Waals surface area contributed by atoms with Crippen LogP contribution in [0.2, 0.25) is 0 Å². The molecule has 2 atom stereocenters. The van der Waals surface area contributed by atoms with Gasteiger partial charge >= 0.3 is 0 Å². The van der Waals surface area contributed by atoms with Gasteiger partial charge in [0.05, 0.1) is 30.9 Å². The SMILES string of the molecule is C[C@H]1CO[C@H](c2ccccc2)CN1C(=O)c1ccc2[nH]ncc2c1. The zero-order chi connectivity index (χ0) is 16.5. The Morgan fingerprint density at radius 1 is 1.25 bits per heavy atom. The monoisotopic (exact) mass is 321 g/mol. The number of ether oxygens (including phenoxy) is 1. The van der Waals surface area contributed by atoms with E-state index in [0.29, 0.717) is 18.7 Å². The predicted octanol–water partition coefficient (Wildman–Crippen LogP) is 3.17. The number of benzene rings is 2. The molecule has 2 aromatic carbocycles. The highest BCUT2D eigenvalue weighted by molar-refractivity contribution is 5.98. The maximum atomic E-state index is 13.0. The molecule has 2 heterocycles. The average molecular weight is 321 g/mol. The number of carbonyl (C=O) groups is 1. The second-order valence-electron chi connectivity index (χ2n) is 6.21. The Labute approximate surface area is 140 Å². The summed E-state index contributed by atoms with van der Waals surface area (Å²) in [6.07, 6.45) is 1.66. The second kappa shape index (κ2) is 6.09. The first kappa shape index (κ1) is 14.9. The van der Waals surface area contributed by atoms with E-state index in [1.807, 2.05) is 60.4 Å². The number of nitrogens with one attached hydrogen (secondary N) is 1. The molecule has 1 fully saturated rings. The number of H-pyrrole nitrogens is 1. The molecule has 24 heavy (non-hydrogen) atoms. The molecule has 4 rings (SSSR count). The van der Waals surface area contributed by atoms with E-state index in [-0.39, 0.29) is 18.1 Å². The molecule has 0 radical (unpaired) electrons. The van der Waals surface area contributed by atoms with Gasteiger partial charge in [-0.3, -0.25) is 9.89 Å². The molecule has 0 bridgehead atoms. The lowest BCUT2D eigenvalue weighted by atomic mass is 10.0. The largest absolute Gasteiger partial charge is 0.370 e. The maximum Gasteiger partial charge on any atom is 0.254 e. The smallest absolute Gasteiger partial charge is 0.254 e. The summed E-state index contributed by atoms with van der Waals surface area (Å²) >= 11 is 0. The van der Waals surface area contributed by atoms with Crippen LogP contribution >= 0.6 is 0 Å². The van der Waals surface area contributed by atoms with E-state index in [4.69, 9.17) is 4.74 Å². The third kappa shape index (κ3) is 2.67. The number of amides is 1. The Morgan fingerprint density at radius 3 is 2.92 bits per heavy atom. The molecule has 0 aliphatic carbocycles. The third-order valence-corrected chi connectivity index (χ3v) is 4.55. The molecule has 1 amide bonds. The fourth-order valence-electron chi connectivity index (χ4n) is 3.15.